The smallest absolute Gasteiger partial charge is 0.360 e. The molecule has 2 aromatic rings. The van der Waals surface area contributed by atoms with E-state index in [0.717, 1.165) is 0 Å². The fraction of sp³-hybridized carbons (Fsp3) is 0.133. The van der Waals surface area contributed by atoms with Gasteiger partial charge in [0.15, 0.2) is 17.3 Å². The van der Waals surface area contributed by atoms with Crippen molar-refractivity contribution < 1.29 is 23.5 Å². The number of halogens is 1. The van der Waals surface area contributed by atoms with E-state index in [0.29, 0.717) is 17.4 Å². The molecule has 0 aliphatic rings. The van der Waals surface area contributed by atoms with Gasteiger partial charge >= 0.3 is 5.97 Å². The standard InChI is InChI=1S/C15H13FN2O4/c1-21-14-11(17)10(16)12(18-13(14)15(20)22-2)9-5-3-8(7-19)4-6-9/h3-7H,1-2H3,(H2,17,18). The SMILES string of the molecule is COC(=O)c1nc(-c2ccc(C=O)cc2)c(F)c(N)c1OC. The molecule has 0 amide bonds. The lowest BCUT2D eigenvalue weighted by atomic mass is 10.1. The van der Waals surface area contributed by atoms with Crippen LogP contribution < -0.4 is 10.5 Å². The van der Waals surface area contributed by atoms with Crippen LogP contribution in [0.1, 0.15) is 20.8 Å². The summed E-state index contributed by atoms with van der Waals surface area (Å²) in [6.07, 6.45) is 0.663. The number of aldehydes is 1. The molecule has 1 aromatic heterocycles. The Balaban J connectivity index is 2.67. The molecule has 0 atom stereocenters. The molecular formula is C15H13FN2O4. The predicted octanol–water partition coefficient (Wildman–Crippen LogP) is 2.08. The van der Waals surface area contributed by atoms with Crippen molar-refractivity contribution in [1.29, 1.82) is 0 Å². The van der Waals surface area contributed by atoms with E-state index in [9.17, 15) is 14.0 Å². The van der Waals surface area contributed by atoms with Crippen LogP contribution in [-0.4, -0.2) is 31.5 Å². The Bertz CT molecular complexity index is 729. The summed E-state index contributed by atoms with van der Waals surface area (Å²) in [5.74, 6) is -1.80. The van der Waals surface area contributed by atoms with Gasteiger partial charge < -0.3 is 15.2 Å². The van der Waals surface area contributed by atoms with E-state index in [1.54, 1.807) is 0 Å². The number of aromatic nitrogens is 1. The fourth-order valence-corrected chi connectivity index (χ4v) is 1.92. The number of hydrogen-bond acceptors (Lipinski definition) is 6. The number of ether oxygens (including phenoxy) is 2. The normalized spacial score (nSPS) is 10.1. The van der Waals surface area contributed by atoms with E-state index in [-0.39, 0.29) is 22.8 Å². The second-order valence-electron chi connectivity index (χ2n) is 4.30. The minimum absolute atomic E-state index is 0.129. The molecule has 2 rings (SSSR count). The lowest BCUT2D eigenvalue weighted by Crippen LogP contribution is -2.12. The number of rotatable bonds is 4. The van der Waals surface area contributed by atoms with Crippen LogP contribution >= 0.6 is 0 Å². The van der Waals surface area contributed by atoms with Gasteiger partial charge in [-0.3, -0.25) is 4.79 Å². The molecular weight excluding hydrogens is 291 g/mol. The highest BCUT2D eigenvalue weighted by atomic mass is 19.1. The summed E-state index contributed by atoms with van der Waals surface area (Å²) in [5, 5.41) is 0. The van der Waals surface area contributed by atoms with Crippen molar-refractivity contribution in [3.8, 4) is 17.0 Å². The van der Waals surface area contributed by atoms with Gasteiger partial charge in [0.25, 0.3) is 0 Å². The minimum atomic E-state index is -0.816. The quantitative estimate of drug-likeness (QED) is 0.687. The Hall–Kier alpha value is -2.96. The van der Waals surface area contributed by atoms with E-state index in [2.05, 4.69) is 9.72 Å². The summed E-state index contributed by atoms with van der Waals surface area (Å²) >= 11 is 0. The summed E-state index contributed by atoms with van der Waals surface area (Å²) in [6.45, 7) is 0. The molecule has 7 heteroatoms. The van der Waals surface area contributed by atoms with Crippen LogP contribution in [-0.2, 0) is 4.74 Å². The number of hydrogen-bond donors (Lipinski definition) is 1. The molecule has 0 radical (unpaired) electrons. The number of nitrogens with zero attached hydrogens (tertiary/aromatic N) is 1. The van der Waals surface area contributed by atoms with Gasteiger partial charge in [0.2, 0.25) is 0 Å². The number of esters is 1. The third kappa shape index (κ3) is 2.60. The van der Waals surface area contributed by atoms with Gasteiger partial charge in [-0.2, -0.15) is 0 Å². The molecule has 0 saturated carbocycles. The first-order valence-corrected chi connectivity index (χ1v) is 6.20. The predicted molar refractivity (Wildman–Crippen MR) is 77.3 cm³/mol. The molecule has 0 bridgehead atoms. The Morgan fingerprint density at radius 3 is 2.41 bits per heavy atom. The van der Waals surface area contributed by atoms with Crippen LogP contribution in [0.3, 0.4) is 0 Å². The summed E-state index contributed by atoms with van der Waals surface area (Å²) in [6, 6.07) is 6.01. The van der Waals surface area contributed by atoms with E-state index in [1.165, 1.54) is 38.5 Å². The Kier molecular flexibility index (Phi) is 4.36. The highest BCUT2D eigenvalue weighted by molar-refractivity contribution is 5.93. The highest BCUT2D eigenvalue weighted by Gasteiger charge is 2.24. The number of nitrogen functional groups attached to an aromatic ring is 1. The van der Waals surface area contributed by atoms with E-state index in [1.807, 2.05) is 0 Å². The summed E-state index contributed by atoms with van der Waals surface area (Å²) in [4.78, 5) is 26.4. The average molecular weight is 304 g/mol. The van der Waals surface area contributed by atoms with Gasteiger partial charge in [-0.05, 0) is 0 Å². The average Bonchev–Trinajstić information content (AvgIpc) is 2.56. The first-order valence-electron chi connectivity index (χ1n) is 6.20. The maximum Gasteiger partial charge on any atom is 0.360 e. The van der Waals surface area contributed by atoms with E-state index in [4.69, 9.17) is 10.5 Å². The van der Waals surface area contributed by atoms with Crippen LogP contribution in [0.4, 0.5) is 10.1 Å². The zero-order valence-corrected chi connectivity index (χ0v) is 11.9. The topological polar surface area (TPSA) is 91.5 Å². The maximum absolute atomic E-state index is 14.4. The van der Waals surface area contributed by atoms with Crippen molar-refractivity contribution in [3.05, 3.63) is 41.3 Å². The van der Waals surface area contributed by atoms with Gasteiger partial charge in [0.1, 0.15) is 17.7 Å². The second kappa shape index (κ2) is 6.21. The van der Waals surface area contributed by atoms with Crippen molar-refractivity contribution in [2.75, 3.05) is 20.0 Å². The lowest BCUT2D eigenvalue weighted by molar-refractivity contribution is 0.0590. The van der Waals surface area contributed by atoms with Gasteiger partial charge in [0, 0.05) is 11.1 Å². The Morgan fingerprint density at radius 1 is 1.27 bits per heavy atom. The van der Waals surface area contributed by atoms with E-state index < -0.39 is 11.8 Å². The molecule has 1 aromatic carbocycles. The number of methoxy groups -OCH3 is 2. The van der Waals surface area contributed by atoms with Crippen molar-refractivity contribution in [1.82, 2.24) is 4.98 Å². The first-order chi connectivity index (χ1) is 10.5. The minimum Gasteiger partial charge on any atom is -0.492 e. The maximum atomic E-state index is 14.4. The third-order valence-electron chi connectivity index (χ3n) is 3.03. The molecule has 0 aliphatic heterocycles. The Labute approximate surface area is 125 Å². The molecule has 0 spiro atoms. The molecule has 1 heterocycles. The zero-order chi connectivity index (χ0) is 16.3. The summed E-state index contributed by atoms with van der Waals surface area (Å²) < 4.78 is 23.9. The van der Waals surface area contributed by atoms with E-state index >= 15 is 0 Å². The van der Waals surface area contributed by atoms with Crippen LogP contribution in [0.5, 0.6) is 5.75 Å². The number of nitrogens with two attached hydrogens (primary N) is 1. The van der Waals surface area contributed by atoms with Crippen LogP contribution in [0.25, 0.3) is 11.3 Å². The fourth-order valence-electron chi connectivity index (χ4n) is 1.92. The molecule has 0 aliphatic carbocycles. The van der Waals surface area contributed by atoms with Gasteiger partial charge in [-0.15, -0.1) is 0 Å². The number of anilines is 1. The van der Waals surface area contributed by atoms with Crippen LogP contribution in [0.15, 0.2) is 24.3 Å². The number of benzene rings is 1. The van der Waals surface area contributed by atoms with Crippen LogP contribution in [0.2, 0.25) is 0 Å². The number of pyridine rings is 1. The molecule has 0 unspecified atom stereocenters. The van der Waals surface area contributed by atoms with Crippen molar-refractivity contribution in [2.45, 2.75) is 0 Å². The van der Waals surface area contributed by atoms with Crippen molar-refractivity contribution >= 4 is 17.9 Å². The summed E-state index contributed by atoms with van der Waals surface area (Å²) in [5.41, 5.74) is 5.78. The molecule has 0 fully saturated rings. The Morgan fingerprint density at radius 2 is 1.91 bits per heavy atom. The number of carbonyl (C=O) groups is 2. The monoisotopic (exact) mass is 304 g/mol. The lowest BCUT2D eigenvalue weighted by Gasteiger charge is -2.13. The molecule has 114 valence electrons. The van der Waals surface area contributed by atoms with Gasteiger partial charge in [-0.1, -0.05) is 24.3 Å². The number of carbonyl (C=O) groups excluding carboxylic acids is 2. The summed E-state index contributed by atoms with van der Waals surface area (Å²) in [7, 11) is 2.42. The molecule has 0 saturated heterocycles. The van der Waals surface area contributed by atoms with Gasteiger partial charge in [-0.25, -0.2) is 14.2 Å². The second-order valence-corrected chi connectivity index (χ2v) is 4.30. The van der Waals surface area contributed by atoms with Crippen molar-refractivity contribution in [2.24, 2.45) is 0 Å². The molecule has 6 nitrogen and oxygen atoms in total. The highest BCUT2D eigenvalue weighted by Crippen LogP contribution is 2.34. The molecule has 22 heavy (non-hydrogen) atoms. The third-order valence-corrected chi connectivity index (χ3v) is 3.03. The zero-order valence-electron chi connectivity index (χ0n) is 11.9. The molecule has 2 N–H and O–H groups in total. The first kappa shape index (κ1) is 15.4. The van der Waals surface area contributed by atoms with Gasteiger partial charge in [0.05, 0.1) is 14.2 Å². The largest absolute Gasteiger partial charge is 0.492 e. The van der Waals surface area contributed by atoms with Crippen LogP contribution in [0, 0.1) is 5.82 Å². The van der Waals surface area contributed by atoms with Crippen molar-refractivity contribution in [3.63, 3.8) is 0 Å².